The zero-order valence-corrected chi connectivity index (χ0v) is 8.73. The van der Waals surface area contributed by atoms with Crippen molar-refractivity contribution >= 4 is 0 Å². The van der Waals surface area contributed by atoms with E-state index in [1.54, 1.807) is 0 Å². The molecule has 1 aliphatic heterocycles. The van der Waals surface area contributed by atoms with Crippen LogP contribution in [0.5, 0.6) is 5.75 Å². The van der Waals surface area contributed by atoms with Crippen LogP contribution in [0.2, 0.25) is 0 Å². The molecule has 2 heteroatoms. The van der Waals surface area contributed by atoms with Crippen molar-refractivity contribution in [1.82, 2.24) is 0 Å². The molecule has 0 bridgehead atoms. The highest BCUT2D eigenvalue weighted by Gasteiger charge is 2.29. The van der Waals surface area contributed by atoms with Gasteiger partial charge in [-0.2, -0.15) is 0 Å². The van der Waals surface area contributed by atoms with E-state index in [0.717, 1.165) is 12.4 Å². The van der Waals surface area contributed by atoms with E-state index in [1.807, 2.05) is 12.1 Å². The number of hydrogen-bond acceptors (Lipinski definition) is 2. The topological polar surface area (TPSA) is 35.2 Å². The van der Waals surface area contributed by atoms with Gasteiger partial charge in [0.15, 0.2) is 0 Å². The molecular formula is C12H17NO. The summed E-state index contributed by atoms with van der Waals surface area (Å²) in [7, 11) is 0. The second-order valence-corrected chi connectivity index (χ2v) is 4.21. The van der Waals surface area contributed by atoms with Gasteiger partial charge in [-0.25, -0.2) is 0 Å². The van der Waals surface area contributed by atoms with Gasteiger partial charge in [-0.3, -0.25) is 0 Å². The summed E-state index contributed by atoms with van der Waals surface area (Å²) >= 11 is 0. The third-order valence-electron chi connectivity index (χ3n) is 2.96. The fourth-order valence-electron chi connectivity index (χ4n) is 2.32. The summed E-state index contributed by atoms with van der Waals surface area (Å²) in [5.74, 6) is 1.94. The molecular weight excluding hydrogens is 174 g/mol. The van der Waals surface area contributed by atoms with Crippen LogP contribution >= 0.6 is 0 Å². The highest BCUT2D eigenvalue weighted by molar-refractivity contribution is 5.39. The van der Waals surface area contributed by atoms with Gasteiger partial charge in [0.1, 0.15) is 5.75 Å². The summed E-state index contributed by atoms with van der Waals surface area (Å²) in [6, 6.07) is 8.40. The minimum absolute atomic E-state index is 0.190. The van der Waals surface area contributed by atoms with E-state index in [1.165, 1.54) is 5.56 Å². The lowest BCUT2D eigenvalue weighted by Crippen LogP contribution is -2.35. The normalized spacial score (nSPS) is 27.6. The molecule has 1 aromatic rings. The highest BCUT2D eigenvalue weighted by atomic mass is 16.5. The molecule has 2 nitrogen and oxygen atoms in total. The predicted molar refractivity (Wildman–Crippen MR) is 57.5 cm³/mol. The van der Waals surface area contributed by atoms with Crippen LogP contribution in [0, 0.1) is 5.92 Å². The zero-order valence-electron chi connectivity index (χ0n) is 8.73. The second-order valence-electron chi connectivity index (χ2n) is 4.21. The second kappa shape index (κ2) is 3.62. The maximum Gasteiger partial charge on any atom is 0.122 e. The first-order valence-corrected chi connectivity index (χ1v) is 5.17. The Morgan fingerprint density at radius 2 is 2.14 bits per heavy atom. The molecule has 0 fully saturated rings. The molecule has 14 heavy (non-hydrogen) atoms. The van der Waals surface area contributed by atoms with Crippen molar-refractivity contribution in [1.29, 1.82) is 0 Å². The Labute approximate surface area is 85.1 Å². The van der Waals surface area contributed by atoms with Crippen molar-refractivity contribution in [2.45, 2.75) is 25.8 Å². The fourth-order valence-corrected chi connectivity index (χ4v) is 2.32. The van der Waals surface area contributed by atoms with Crippen LogP contribution in [0.25, 0.3) is 0 Å². The summed E-state index contributed by atoms with van der Waals surface area (Å²) in [5.41, 5.74) is 7.28. The molecule has 0 aromatic heterocycles. The largest absolute Gasteiger partial charge is 0.493 e. The lowest BCUT2D eigenvalue weighted by molar-refractivity contribution is 0.194. The Morgan fingerprint density at radius 1 is 1.43 bits per heavy atom. The number of ether oxygens (including phenoxy) is 1. The molecule has 1 aliphatic rings. The molecule has 3 unspecified atom stereocenters. The number of para-hydroxylation sites is 1. The number of fused-ring (bicyclic) bond motifs is 1. The lowest BCUT2D eigenvalue weighted by atomic mass is 9.81. The van der Waals surface area contributed by atoms with Gasteiger partial charge >= 0.3 is 0 Å². The smallest absolute Gasteiger partial charge is 0.122 e. The van der Waals surface area contributed by atoms with Gasteiger partial charge in [0.05, 0.1) is 6.61 Å². The summed E-state index contributed by atoms with van der Waals surface area (Å²) < 4.78 is 5.66. The molecule has 76 valence electrons. The molecule has 0 saturated heterocycles. The Hall–Kier alpha value is -1.02. The molecule has 0 spiro atoms. The minimum Gasteiger partial charge on any atom is -0.493 e. The van der Waals surface area contributed by atoms with Crippen LogP contribution in [-0.4, -0.2) is 12.6 Å². The fraction of sp³-hybridized carbons (Fsp3) is 0.500. The summed E-state index contributed by atoms with van der Waals surface area (Å²) in [5, 5.41) is 0. The van der Waals surface area contributed by atoms with Crippen molar-refractivity contribution < 1.29 is 4.74 Å². The van der Waals surface area contributed by atoms with Gasteiger partial charge in [0.2, 0.25) is 0 Å². The van der Waals surface area contributed by atoms with Crippen LogP contribution in [0.15, 0.2) is 24.3 Å². The molecule has 0 saturated carbocycles. The monoisotopic (exact) mass is 191 g/mol. The maximum absolute atomic E-state index is 6.02. The lowest BCUT2D eigenvalue weighted by Gasteiger charge is -2.33. The average Bonchev–Trinajstić information content (AvgIpc) is 2.17. The van der Waals surface area contributed by atoms with E-state index in [0.29, 0.717) is 11.8 Å². The molecule has 1 heterocycles. The maximum atomic E-state index is 6.02. The first-order chi connectivity index (χ1) is 6.70. The van der Waals surface area contributed by atoms with E-state index >= 15 is 0 Å². The Morgan fingerprint density at radius 3 is 2.86 bits per heavy atom. The molecule has 0 radical (unpaired) electrons. The van der Waals surface area contributed by atoms with Crippen LogP contribution < -0.4 is 10.5 Å². The van der Waals surface area contributed by atoms with Gasteiger partial charge in [-0.1, -0.05) is 25.1 Å². The zero-order chi connectivity index (χ0) is 10.1. The van der Waals surface area contributed by atoms with Crippen LogP contribution in [0.3, 0.4) is 0 Å². The molecule has 0 amide bonds. The summed E-state index contributed by atoms with van der Waals surface area (Å²) in [6.07, 6.45) is 0. The predicted octanol–water partition coefficient (Wildman–Crippen LogP) is 2.15. The SMILES string of the molecule is CC(N)C1c2ccccc2OCC1C. The van der Waals surface area contributed by atoms with Gasteiger partial charge in [-0.05, 0) is 24.5 Å². The van der Waals surface area contributed by atoms with E-state index in [2.05, 4.69) is 26.0 Å². The highest BCUT2D eigenvalue weighted by Crippen LogP contribution is 2.37. The van der Waals surface area contributed by atoms with Gasteiger partial charge in [0, 0.05) is 12.0 Å². The third kappa shape index (κ3) is 1.50. The van der Waals surface area contributed by atoms with Crippen LogP contribution in [-0.2, 0) is 0 Å². The Bertz CT molecular complexity index is 322. The standard InChI is InChI=1S/C12H17NO/c1-8-7-14-11-6-4-3-5-10(11)12(8)9(2)13/h3-6,8-9,12H,7,13H2,1-2H3. The van der Waals surface area contributed by atoms with Crippen molar-refractivity contribution in [3.05, 3.63) is 29.8 Å². The van der Waals surface area contributed by atoms with Crippen LogP contribution in [0.4, 0.5) is 0 Å². The number of rotatable bonds is 1. The summed E-state index contributed by atoms with van der Waals surface area (Å²) in [6.45, 7) is 5.05. The minimum atomic E-state index is 0.190. The van der Waals surface area contributed by atoms with Crippen molar-refractivity contribution in [2.24, 2.45) is 11.7 Å². The van der Waals surface area contributed by atoms with Crippen LogP contribution in [0.1, 0.15) is 25.3 Å². The van der Waals surface area contributed by atoms with E-state index in [9.17, 15) is 0 Å². The number of nitrogens with two attached hydrogens (primary N) is 1. The molecule has 2 rings (SSSR count). The van der Waals surface area contributed by atoms with Gasteiger partial charge in [-0.15, -0.1) is 0 Å². The molecule has 0 aliphatic carbocycles. The summed E-state index contributed by atoms with van der Waals surface area (Å²) in [4.78, 5) is 0. The van der Waals surface area contributed by atoms with E-state index < -0.39 is 0 Å². The van der Waals surface area contributed by atoms with E-state index in [4.69, 9.17) is 10.5 Å². The molecule has 2 N–H and O–H groups in total. The van der Waals surface area contributed by atoms with Crippen molar-refractivity contribution in [3.8, 4) is 5.75 Å². The number of hydrogen-bond donors (Lipinski definition) is 1. The van der Waals surface area contributed by atoms with Crippen molar-refractivity contribution in [2.75, 3.05) is 6.61 Å². The third-order valence-corrected chi connectivity index (χ3v) is 2.96. The van der Waals surface area contributed by atoms with Gasteiger partial charge < -0.3 is 10.5 Å². The first kappa shape index (κ1) is 9.53. The van der Waals surface area contributed by atoms with Crippen molar-refractivity contribution in [3.63, 3.8) is 0 Å². The molecule has 1 aromatic carbocycles. The quantitative estimate of drug-likeness (QED) is 0.738. The Balaban J connectivity index is 2.41. The van der Waals surface area contributed by atoms with Gasteiger partial charge in [0.25, 0.3) is 0 Å². The molecule has 3 atom stereocenters. The average molecular weight is 191 g/mol. The van der Waals surface area contributed by atoms with E-state index in [-0.39, 0.29) is 6.04 Å². The first-order valence-electron chi connectivity index (χ1n) is 5.17. The number of benzene rings is 1. The Kier molecular flexibility index (Phi) is 2.46.